The number of aromatic nitrogens is 7. The van der Waals surface area contributed by atoms with Gasteiger partial charge in [-0.05, 0) is 35.3 Å². The SMILES string of the molecule is Nn1c(Sc2nc3c(cnn3-c3ccccc3)c(=O)[nH]2)nnc1-c1cccs1. The standard InChI is InChI=1S/C17H12N8OS2/c18-24-14(12-7-4-8-27-12)22-23-17(24)28-16-20-13-11(15(26)21-16)9-19-25(13)10-5-2-1-3-6-10/h1-9H,18H2,(H,20,21,26). The Kier molecular flexibility index (Phi) is 3.95. The van der Waals surface area contributed by atoms with Crippen molar-refractivity contribution in [3.05, 3.63) is 64.4 Å². The zero-order chi connectivity index (χ0) is 19.1. The summed E-state index contributed by atoms with van der Waals surface area (Å²) in [6.07, 6.45) is 1.50. The predicted molar refractivity (Wildman–Crippen MR) is 107 cm³/mol. The van der Waals surface area contributed by atoms with Crippen LogP contribution < -0.4 is 11.4 Å². The molecule has 4 aromatic heterocycles. The Hall–Kier alpha value is -3.44. The number of benzene rings is 1. The first-order valence-electron chi connectivity index (χ1n) is 8.16. The van der Waals surface area contributed by atoms with E-state index in [1.54, 1.807) is 4.68 Å². The normalized spacial score (nSPS) is 11.3. The minimum Gasteiger partial charge on any atom is -0.335 e. The number of fused-ring (bicyclic) bond motifs is 1. The van der Waals surface area contributed by atoms with Crippen LogP contribution in [0.15, 0.2) is 69.1 Å². The topological polar surface area (TPSA) is 120 Å². The second-order valence-electron chi connectivity index (χ2n) is 5.76. The van der Waals surface area contributed by atoms with E-state index in [-0.39, 0.29) is 5.56 Å². The molecular formula is C17H12N8OS2. The highest BCUT2D eigenvalue weighted by Gasteiger charge is 2.17. The molecule has 0 bridgehead atoms. The summed E-state index contributed by atoms with van der Waals surface area (Å²) in [6.45, 7) is 0. The van der Waals surface area contributed by atoms with E-state index in [4.69, 9.17) is 5.84 Å². The zero-order valence-electron chi connectivity index (χ0n) is 14.2. The zero-order valence-corrected chi connectivity index (χ0v) is 15.8. The summed E-state index contributed by atoms with van der Waals surface area (Å²) in [5.74, 6) is 6.69. The Morgan fingerprint density at radius 3 is 2.75 bits per heavy atom. The van der Waals surface area contributed by atoms with E-state index in [2.05, 4.69) is 25.3 Å². The lowest BCUT2D eigenvalue weighted by atomic mass is 10.3. The van der Waals surface area contributed by atoms with Crippen LogP contribution in [0.25, 0.3) is 27.4 Å². The van der Waals surface area contributed by atoms with Crippen LogP contribution in [0.3, 0.4) is 0 Å². The Balaban J connectivity index is 1.56. The minimum absolute atomic E-state index is 0.281. The maximum atomic E-state index is 12.5. The molecule has 3 N–H and O–H groups in total. The van der Waals surface area contributed by atoms with Crippen molar-refractivity contribution in [2.75, 3.05) is 5.84 Å². The van der Waals surface area contributed by atoms with Gasteiger partial charge < -0.3 is 10.8 Å². The molecule has 0 amide bonds. The first-order valence-corrected chi connectivity index (χ1v) is 9.86. The molecule has 9 nitrogen and oxygen atoms in total. The van der Waals surface area contributed by atoms with Crippen LogP contribution in [0.4, 0.5) is 0 Å². The van der Waals surface area contributed by atoms with Gasteiger partial charge >= 0.3 is 0 Å². The van der Waals surface area contributed by atoms with Gasteiger partial charge in [0.05, 0.1) is 16.8 Å². The number of hydrogen-bond donors (Lipinski definition) is 2. The van der Waals surface area contributed by atoms with E-state index in [9.17, 15) is 4.79 Å². The highest BCUT2D eigenvalue weighted by Crippen LogP contribution is 2.28. The maximum Gasteiger partial charge on any atom is 0.262 e. The summed E-state index contributed by atoms with van der Waals surface area (Å²) in [5.41, 5.74) is 0.990. The summed E-state index contributed by atoms with van der Waals surface area (Å²) in [7, 11) is 0. The molecule has 0 radical (unpaired) electrons. The summed E-state index contributed by atoms with van der Waals surface area (Å²) >= 11 is 2.65. The fourth-order valence-electron chi connectivity index (χ4n) is 2.71. The summed E-state index contributed by atoms with van der Waals surface area (Å²) in [5, 5.41) is 15.7. The van der Waals surface area contributed by atoms with Gasteiger partial charge in [-0.25, -0.2) is 14.3 Å². The monoisotopic (exact) mass is 408 g/mol. The smallest absolute Gasteiger partial charge is 0.262 e. The van der Waals surface area contributed by atoms with Gasteiger partial charge in [0, 0.05) is 0 Å². The molecule has 0 spiro atoms. The van der Waals surface area contributed by atoms with Crippen molar-refractivity contribution in [1.29, 1.82) is 0 Å². The van der Waals surface area contributed by atoms with Crippen LogP contribution in [-0.2, 0) is 0 Å². The number of rotatable bonds is 4. The van der Waals surface area contributed by atoms with E-state index in [1.807, 2.05) is 47.8 Å². The quantitative estimate of drug-likeness (QED) is 0.346. The number of H-pyrrole nitrogens is 1. The summed E-state index contributed by atoms with van der Waals surface area (Å²) in [4.78, 5) is 20.7. The summed E-state index contributed by atoms with van der Waals surface area (Å²) < 4.78 is 3.01. The Labute approximate surface area is 165 Å². The highest BCUT2D eigenvalue weighted by atomic mass is 32.2. The number of thiophene rings is 1. The lowest BCUT2D eigenvalue weighted by Gasteiger charge is -2.04. The van der Waals surface area contributed by atoms with Crippen LogP contribution >= 0.6 is 23.1 Å². The molecular weight excluding hydrogens is 396 g/mol. The maximum absolute atomic E-state index is 12.5. The van der Waals surface area contributed by atoms with Crippen molar-refractivity contribution in [3.63, 3.8) is 0 Å². The van der Waals surface area contributed by atoms with Gasteiger partial charge in [-0.1, -0.05) is 24.3 Å². The number of nitrogens with one attached hydrogen (secondary N) is 1. The molecule has 28 heavy (non-hydrogen) atoms. The Morgan fingerprint density at radius 2 is 1.96 bits per heavy atom. The molecule has 0 saturated carbocycles. The molecule has 5 rings (SSSR count). The average Bonchev–Trinajstić information content (AvgIpc) is 3.44. The molecule has 0 aliphatic carbocycles. The van der Waals surface area contributed by atoms with Crippen molar-refractivity contribution in [2.45, 2.75) is 10.3 Å². The molecule has 0 unspecified atom stereocenters. The molecule has 0 aliphatic heterocycles. The van der Waals surface area contributed by atoms with Crippen molar-refractivity contribution >= 4 is 34.1 Å². The van der Waals surface area contributed by atoms with Gasteiger partial charge in [0.25, 0.3) is 5.56 Å². The lowest BCUT2D eigenvalue weighted by Crippen LogP contribution is -2.13. The third kappa shape index (κ3) is 2.77. The number of para-hydroxylation sites is 1. The number of nitrogens with two attached hydrogens (primary N) is 1. The number of nitrogens with zero attached hydrogens (tertiary/aromatic N) is 6. The van der Waals surface area contributed by atoms with Crippen molar-refractivity contribution < 1.29 is 0 Å². The third-order valence-corrected chi connectivity index (χ3v) is 5.72. The fourth-order valence-corrected chi connectivity index (χ4v) is 4.13. The molecule has 138 valence electrons. The number of hydrogen-bond acceptors (Lipinski definition) is 8. The van der Waals surface area contributed by atoms with Crippen molar-refractivity contribution in [1.82, 2.24) is 34.6 Å². The molecule has 11 heteroatoms. The second kappa shape index (κ2) is 6.62. The fraction of sp³-hybridized carbons (Fsp3) is 0. The molecule has 5 aromatic rings. The van der Waals surface area contributed by atoms with Crippen LogP contribution in [0.1, 0.15) is 0 Å². The molecule has 1 aromatic carbocycles. The van der Waals surface area contributed by atoms with Crippen LogP contribution in [-0.4, -0.2) is 34.6 Å². The Bertz CT molecular complexity index is 1320. The third-order valence-electron chi connectivity index (χ3n) is 4.01. The molecule has 4 heterocycles. The molecule has 0 saturated heterocycles. The average molecular weight is 408 g/mol. The van der Waals surface area contributed by atoms with E-state index < -0.39 is 0 Å². The number of nitrogen functional groups attached to an aromatic ring is 1. The van der Waals surface area contributed by atoms with Gasteiger partial charge in [0.2, 0.25) is 5.16 Å². The highest BCUT2D eigenvalue weighted by molar-refractivity contribution is 7.99. The molecule has 0 aliphatic rings. The van der Waals surface area contributed by atoms with E-state index in [0.717, 1.165) is 22.3 Å². The van der Waals surface area contributed by atoms with Gasteiger partial charge in [0.15, 0.2) is 16.6 Å². The van der Waals surface area contributed by atoms with Crippen LogP contribution in [0.5, 0.6) is 0 Å². The number of aromatic amines is 1. The van der Waals surface area contributed by atoms with Crippen molar-refractivity contribution in [2.24, 2.45) is 0 Å². The lowest BCUT2D eigenvalue weighted by molar-refractivity contribution is 0.836. The minimum atomic E-state index is -0.281. The first kappa shape index (κ1) is 16.7. The molecule has 0 fully saturated rings. The van der Waals surface area contributed by atoms with E-state index in [0.29, 0.717) is 27.2 Å². The molecule has 0 atom stereocenters. The first-order chi connectivity index (χ1) is 13.7. The summed E-state index contributed by atoms with van der Waals surface area (Å²) in [6, 6.07) is 13.3. The Morgan fingerprint density at radius 1 is 1.11 bits per heavy atom. The van der Waals surface area contributed by atoms with Gasteiger partial charge in [-0.3, -0.25) is 4.79 Å². The second-order valence-corrected chi connectivity index (χ2v) is 7.66. The van der Waals surface area contributed by atoms with Crippen LogP contribution in [0, 0.1) is 0 Å². The van der Waals surface area contributed by atoms with Crippen molar-refractivity contribution in [3.8, 4) is 16.4 Å². The largest absolute Gasteiger partial charge is 0.335 e. The van der Waals surface area contributed by atoms with Gasteiger partial charge in [-0.15, -0.1) is 21.5 Å². The van der Waals surface area contributed by atoms with Gasteiger partial charge in [-0.2, -0.15) is 5.10 Å². The van der Waals surface area contributed by atoms with Crippen LogP contribution in [0.2, 0.25) is 0 Å². The van der Waals surface area contributed by atoms with E-state index >= 15 is 0 Å². The predicted octanol–water partition coefficient (Wildman–Crippen LogP) is 2.29. The van der Waals surface area contributed by atoms with Gasteiger partial charge in [0.1, 0.15) is 5.39 Å². The van der Waals surface area contributed by atoms with E-state index in [1.165, 1.54) is 22.2 Å².